The van der Waals surface area contributed by atoms with Gasteiger partial charge in [0, 0.05) is 23.1 Å². The number of methoxy groups -OCH3 is 1. The van der Waals surface area contributed by atoms with E-state index in [1.807, 2.05) is 0 Å². The highest BCUT2D eigenvalue weighted by Crippen LogP contribution is 2.47. The molecule has 1 aliphatic rings. The predicted molar refractivity (Wildman–Crippen MR) is 120 cm³/mol. The molecule has 2 heterocycles. The van der Waals surface area contributed by atoms with Gasteiger partial charge in [-0.05, 0) is 35.9 Å². The molecule has 9 heteroatoms. The molecule has 0 spiro atoms. The monoisotopic (exact) mass is 462 g/mol. The van der Waals surface area contributed by atoms with Crippen LogP contribution in [0.15, 0.2) is 57.7 Å². The van der Waals surface area contributed by atoms with E-state index >= 15 is 0 Å². The van der Waals surface area contributed by atoms with Crippen LogP contribution in [0.2, 0.25) is 0 Å². The third-order valence-corrected chi connectivity index (χ3v) is 5.82. The van der Waals surface area contributed by atoms with E-state index in [0.29, 0.717) is 16.9 Å². The fraction of sp³-hybridized carbons (Fsp3) is 0.120. The molecule has 0 amide bonds. The van der Waals surface area contributed by atoms with Gasteiger partial charge in [0.05, 0.1) is 13.5 Å². The number of esters is 1. The number of phenols is 3. The minimum atomic E-state index is -0.908. The predicted octanol–water partition coefficient (Wildman–Crippen LogP) is 3.73. The van der Waals surface area contributed by atoms with Crippen LogP contribution in [-0.4, -0.2) is 33.5 Å². The number of carbonyl (C=O) groups is 1. The third-order valence-electron chi connectivity index (χ3n) is 5.82. The van der Waals surface area contributed by atoms with Gasteiger partial charge in [-0.25, -0.2) is 0 Å². The maximum Gasteiger partial charge on any atom is 0.312 e. The average molecular weight is 462 g/mol. The molecule has 0 aliphatic carbocycles. The fourth-order valence-electron chi connectivity index (χ4n) is 4.16. The van der Waals surface area contributed by atoms with Crippen LogP contribution < -0.4 is 14.9 Å². The molecule has 1 aliphatic heterocycles. The highest BCUT2D eigenvalue weighted by Gasteiger charge is 2.34. The molecule has 172 valence electrons. The topological polar surface area (TPSA) is 147 Å². The summed E-state index contributed by atoms with van der Waals surface area (Å²) in [5.74, 6) is -2.96. The summed E-state index contributed by atoms with van der Waals surface area (Å²) >= 11 is 0. The number of benzene rings is 3. The number of hydrogen-bond donors (Lipinski definition) is 4. The fourth-order valence-corrected chi connectivity index (χ4v) is 4.16. The number of ether oxygens (including phenoxy) is 2. The SMILES string of the molecule is COc1ccc([C@H]2CC(=O)Oc3cc(O)c4c(=O)c(O)c(-c5ccc(O)c(O)c5)oc4c32)cc1. The van der Waals surface area contributed by atoms with Gasteiger partial charge >= 0.3 is 5.97 Å². The zero-order chi connectivity index (χ0) is 24.1. The molecule has 34 heavy (non-hydrogen) atoms. The van der Waals surface area contributed by atoms with Crippen molar-refractivity contribution in [2.45, 2.75) is 12.3 Å². The zero-order valence-corrected chi connectivity index (χ0v) is 17.7. The van der Waals surface area contributed by atoms with Gasteiger partial charge in [-0.2, -0.15) is 0 Å². The van der Waals surface area contributed by atoms with Gasteiger partial charge in [0.25, 0.3) is 0 Å². The van der Waals surface area contributed by atoms with Gasteiger partial charge in [-0.1, -0.05) is 12.1 Å². The van der Waals surface area contributed by atoms with Crippen molar-refractivity contribution >= 4 is 16.9 Å². The lowest BCUT2D eigenvalue weighted by Crippen LogP contribution is -2.22. The molecule has 4 aromatic rings. The summed E-state index contributed by atoms with van der Waals surface area (Å²) in [5.41, 5.74) is 0.185. The second-order valence-corrected chi connectivity index (χ2v) is 7.83. The number of phenolic OH excluding ortho intramolecular Hbond substituents is 3. The Morgan fingerprint density at radius 3 is 2.32 bits per heavy atom. The van der Waals surface area contributed by atoms with Gasteiger partial charge in [-0.15, -0.1) is 0 Å². The maximum atomic E-state index is 13.1. The molecule has 3 aromatic carbocycles. The number of rotatable bonds is 3. The Balaban J connectivity index is 1.82. The quantitative estimate of drug-likeness (QED) is 0.203. The first-order valence-corrected chi connectivity index (χ1v) is 10.2. The number of hydrogen-bond acceptors (Lipinski definition) is 9. The summed E-state index contributed by atoms with van der Waals surface area (Å²) in [6.45, 7) is 0. The van der Waals surface area contributed by atoms with Crippen LogP contribution in [0, 0.1) is 0 Å². The van der Waals surface area contributed by atoms with Gasteiger partial charge in [0.2, 0.25) is 11.2 Å². The number of aromatic hydroxyl groups is 4. The van der Waals surface area contributed by atoms with E-state index in [4.69, 9.17) is 13.9 Å². The van der Waals surface area contributed by atoms with Crippen molar-refractivity contribution in [1.82, 2.24) is 0 Å². The van der Waals surface area contributed by atoms with Crippen molar-refractivity contribution in [2.75, 3.05) is 7.11 Å². The van der Waals surface area contributed by atoms with Crippen molar-refractivity contribution in [3.05, 3.63) is 69.9 Å². The molecule has 9 nitrogen and oxygen atoms in total. The normalized spacial score (nSPS) is 15.1. The van der Waals surface area contributed by atoms with Crippen LogP contribution in [0.1, 0.15) is 23.5 Å². The first kappa shape index (κ1) is 21.2. The van der Waals surface area contributed by atoms with Crippen LogP contribution in [0.5, 0.6) is 34.5 Å². The van der Waals surface area contributed by atoms with Crippen molar-refractivity contribution < 1.29 is 39.1 Å². The van der Waals surface area contributed by atoms with E-state index in [1.54, 1.807) is 24.3 Å². The molecular formula is C25H18O9. The summed E-state index contributed by atoms with van der Waals surface area (Å²) in [6.07, 6.45) is -0.0564. The molecule has 1 aromatic heterocycles. The van der Waals surface area contributed by atoms with E-state index in [0.717, 1.165) is 12.1 Å². The van der Waals surface area contributed by atoms with Gasteiger partial charge in [0.1, 0.15) is 28.2 Å². The molecule has 5 rings (SSSR count). The molecular weight excluding hydrogens is 444 g/mol. The molecule has 0 fully saturated rings. The summed E-state index contributed by atoms with van der Waals surface area (Å²) in [7, 11) is 1.53. The Bertz CT molecular complexity index is 1520. The molecule has 0 saturated heterocycles. The Kier molecular flexibility index (Phi) is 4.82. The Morgan fingerprint density at radius 2 is 1.65 bits per heavy atom. The summed E-state index contributed by atoms with van der Waals surface area (Å²) in [6, 6.07) is 11.8. The van der Waals surface area contributed by atoms with Crippen molar-refractivity contribution in [3.63, 3.8) is 0 Å². The van der Waals surface area contributed by atoms with Crippen molar-refractivity contribution in [1.29, 1.82) is 0 Å². The summed E-state index contributed by atoms with van der Waals surface area (Å²) in [5, 5.41) is 40.3. The number of carbonyl (C=O) groups excluding carboxylic acids is 1. The van der Waals surface area contributed by atoms with Gasteiger partial charge in [-0.3, -0.25) is 9.59 Å². The smallest absolute Gasteiger partial charge is 0.312 e. The van der Waals surface area contributed by atoms with E-state index in [9.17, 15) is 30.0 Å². The largest absolute Gasteiger partial charge is 0.507 e. The van der Waals surface area contributed by atoms with E-state index in [1.165, 1.54) is 19.2 Å². The number of fused-ring (bicyclic) bond motifs is 3. The minimum Gasteiger partial charge on any atom is -0.507 e. The summed E-state index contributed by atoms with van der Waals surface area (Å²) in [4.78, 5) is 25.4. The van der Waals surface area contributed by atoms with E-state index < -0.39 is 40.3 Å². The van der Waals surface area contributed by atoms with Crippen LogP contribution in [-0.2, 0) is 4.79 Å². The molecule has 0 saturated carbocycles. The Hall–Kier alpha value is -4.66. The van der Waals surface area contributed by atoms with Crippen LogP contribution in [0.4, 0.5) is 0 Å². The average Bonchev–Trinajstić information content (AvgIpc) is 2.82. The first-order chi connectivity index (χ1) is 16.3. The standard InChI is InChI=1S/C25H18O9/c1-32-13-5-2-11(3-6-13)14-9-19(29)33-18-10-17(28)21-22(30)23(31)24(34-25(21)20(14)18)12-4-7-15(26)16(27)8-12/h2-8,10,14,26-28,31H,9H2,1H3/t14-/m1/s1. The molecule has 4 N–H and O–H groups in total. The Morgan fingerprint density at radius 1 is 0.912 bits per heavy atom. The van der Waals surface area contributed by atoms with Crippen LogP contribution >= 0.6 is 0 Å². The minimum absolute atomic E-state index is 0.0235. The third kappa shape index (κ3) is 3.25. The molecule has 0 bridgehead atoms. The Labute approximate surface area is 191 Å². The van der Waals surface area contributed by atoms with Crippen LogP contribution in [0.3, 0.4) is 0 Å². The van der Waals surface area contributed by atoms with Crippen molar-refractivity contribution in [3.8, 4) is 45.8 Å². The molecule has 0 unspecified atom stereocenters. The van der Waals surface area contributed by atoms with Crippen molar-refractivity contribution in [2.24, 2.45) is 0 Å². The van der Waals surface area contributed by atoms with Gasteiger partial charge in [0.15, 0.2) is 17.3 Å². The van der Waals surface area contributed by atoms with E-state index in [2.05, 4.69) is 0 Å². The zero-order valence-electron chi connectivity index (χ0n) is 17.7. The lowest BCUT2D eigenvalue weighted by atomic mass is 9.85. The maximum absolute atomic E-state index is 13.1. The lowest BCUT2D eigenvalue weighted by Gasteiger charge is -2.26. The molecule has 1 atom stereocenters. The summed E-state index contributed by atoms with van der Waals surface area (Å²) < 4.78 is 16.5. The van der Waals surface area contributed by atoms with Gasteiger partial charge < -0.3 is 34.3 Å². The van der Waals surface area contributed by atoms with E-state index in [-0.39, 0.29) is 34.5 Å². The second-order valence-electron chi connectivity index (χ2n) is 7.83. The second kappa shape index (κ2) is 7.73. The highest BCUT2D eigenvalue weighted by molar-refractivity contribution is 5.94. The van der Waals surface area contributed by atoms with Crippen LogP contribution in [0.25, 0.3) is 22.3 Å². The lowest BCUT2D eigenvalue weighted by molar-refractivity contribution is -0.135. The molecule has 0 radical (unpaired) electrons. The highest BCUT2D eigenvalue weighted by atomic mass is 16.5. The first-order valence-electron chi connectivity index (χ1n) is 10.2.